The van der Waals surface area contributed by atoms with E-state index in [0.29, 0.717) is 12.4 Å². The molecular weight excluding hydrogens is 236 g/mol. The van der Waals surface area contributed by atoms with Crippen LogP contribution in [0.1, 0.15) is 5.56 Å². The van der Waals surface area contributed by atoms with Gasteiger partial charge in [-0.15, -0.1) is 0 Å². The van der Waals surface area contributed by atoms with Crippen LogP contribution < -0.4 is 11.1 Å². The van der Waals surface area contributed by atoms with E-state index >= 15 is 0 Å². The molecule has 0 aliphatic carbocycles. The van der Waals surface area contributed by atoms with E-state index in [-0.39, 0.29) is 11.5 Å². The molecule has 18 heavy (non-hydrogen) atoms. The third kappa shape index (κ3) is 2.54. The lowest BCUT2D eigenvalue weighted by Crippen LogP contribution is -2.04. The molecule has 0 aliphatic rings. The second-order valence-electron chi connectivity index (χ2n) is 3.73. The molecule has 0 saturated heterocycles. The molecule has 0 unspecified atom stereocenters. The van der Waals surface area contributed by atoms with Gasteiger partial charge in [0, 0.05) is 31.4 Å². The predicted octanol–water partition coefficient (Wildman–Crippen LogP) is 0.918. The van der Waals surface area contributed by atoms with Gasteiger partial charge < -0.3 is 11.1 Å². The summed E-state index contributed by atoms with van der Waals surface area (Å²) in [7, 11) is 1.83. The minimum absolute atomic E-state index is 0.101. The van der Waals surface area contributed by atoms with E-state index in [1.165, 1.54) is 12.1 Å². The standard InChI is InChI=1S/C10H12N6O2/c1-15-6-7(5-13-15)4-12-9-3-2-8(16(17)18)10(11)14-9/h2-3,5-6H,4H2,1H3,(H3,11,12,14). The fourth-order valence-corrected chi connectivity index (χ4v) is 1.48. The molecule has 0 atom stereocenters. The number of nitrogens with zero attached hydrogens (tertiary/aromatic N) is 4. The van der Waals surface area contributed by atoms with E-state index in [2.05, 4.69) is 15.4 Å². The number of hydrogen-bond acceptors (Lipinski definition) is 6. The van der Waals surface area contributed by atoms with Gasteiger partial charge in [-0.25, -0.2) is 4.98 Å². The normalized spacial score (nSPS) is 10.3. The third-order valence-corrected chi connectivity index (χ3v) is 2.33. The molecule has 8 heteroatoms. The van der Waals surface area contributed by atoms with Gasteiger partial charge in [-0.2, -0.15) is 5.10 Å². The largest absolute Gasteiger partial charge is 0.378 e. The van der Waals surface area contributed by atoms with E-state index in [1.807, 2.05) is 13.2 Å². The first-order valence-corrected chi connectivity index (χ1v) is 5.18. The molecule has 0 aromatic carbocycles. The van der Waals surface area contributed by atoms with Crippen LogP contribution in [0.4, 0.5) is 17.3 Å². The first-order chi connectivity index (χ1) is 8.56. The summed E-state index contributed by atoms with van der Waals surface area (Å²) in [6.07, 6.45) is 3.59. The Kier molecular flexibility index (Phi) is 3.09. The van der Waals surface area contributed by atoms with Crippen molar-refractivity contribution in [2.75, 3.05) is 11.1 Å². The van der Waals surface area contributed by atoms with Crippen molar-refractivity contribution in [3.63, 3.8) is 0 Å². The molecule has 0 spiro atoms. The SMILES string of the molecule is Cn1cc(CNc2ccc([N+](=O)[O-])c(N)n2)cn1. The molecule has 94 valence electrons. The lowest BCUT2D eigenvalue weighted by Gasteiger charge is -2.04. The topological polar surface area (TPSA) is 112 Å². The van der Waals surface area contributed by atoms with Crippen molar-refractivity contribution in [1.82, 2.24) is 14.8 Å². The first-order valence-electron chi connectivity index (χ1n) is 5.18. The zero-order valence-corrected chi connectivity index (χ0v) is 9.70. The predicted molar refractivity (Wildman–Crippen MR) is 65.8 cm³/mol. The summed E-state index contributed by atoms with van der Waals surface area (Å²) in [4.78, 5) is 13.9. The Morgan fingerprint density at radius 2 is 2.33 bits per heavy atom. The average molecular weight is 248 g/mol. The van der Waals surface area contributed by atoms with E-state index in [4.69, 9.17) is 5.73 Å². The van der Waals surface area contributed by atoms with Crippen LogP contribution in [0.5, 0.6) is 0 Å². The molecule has 8 nitrogen and oxygen atoms in total. The van der Waals surface area contributed by atoms with Crippen LogP contribution in [0.15, 0.2) is 24.5 Å². The van der Waals surface area contributed by atoms with Gasteiger partial charge in [0.25, 0.3) is 0 Å². The smallest absolute Gasteiger partial charge is 0.311 e. The van der Waals surface area contributed by atoms with Gasteiger partial charge in [0.2, 0.25) is 5.82 Å². The molecule has 0 saturated carbocycles. The maximum atomic E-state index is 10.6. The highest BCUT2D eigenvalue weighted by molar-refractivity contribution is 5.57. The Morgan fingerprint density at radius 1 is 1.56 bits per heavy atom. The Hall–Kier alpha value is -2.64. The van der Waals surface area contributed by atoms with Gasteiger partial charge in [-0.1, -0.05) is 0 Å². The zero-order valence-electron chi connectivity index (χ0n) is 9.70. The minimum atomic E-state index is -0.562. The van der Waals surface area contributed by atoms with Crippen molar-refractivity contribution >= 4 is 17.3 Å². The molecule has 3 N–H and O–H groups in total. The van der Waals surface area contributed by atoms with Crippen molar-refractivity contribution in [3.8, 4) is 0 Å². The van der Waals surface area contributed by atoms with E-state index < -0.39 is 4.92 Å². The highest BCUT2D eigenvalue weighted by Crippen LogP contribution is 2.20. The monoisotopic (exact) mass is 248 g/mol. The summed E-state index contributed by atoms with van der Waals surface area (Å²) >= 11 is 0. The average Bonchev–Trinajstić information content (AvgIpc) is 2.72. The molecule has 2 heterocycles. The second kappa shape index (κ2) is 4.70. The van der Waals surface area contributed by atoms with Crippen molar-refractivity contribution < 1.29 is 4.92 Å². The van der Waals surface area contributed by atoms with Crippen LogP contribution >= 0.6 is 0 Å². The number of nitrogen functional groups attached to an aromatic ring is 1. The molecule has 0 aliphatic heterocycles. The third-order valence-electron chi connectivity index (χ3n) is 2.33. The Bertz CT molecular complexity index is 579. The van der Waals surface area contributed by atoms with Gasteiger partial charge in [0.1, 0.15) is 5.82 Å². The van der Waals surface area contributed by atoms with Gasteiger partial charge in [-0.3, -0.25) is 14.8 Å². The van der Waals surface area contributed by atoms with Crippen LogP contribution in [-0.4, -0.2) is 19.7 Å². The highest BCUT2D eigenvalue weighted by Gasteiger charge is 2.12. The number of rotatable bonds is 4. The Balaban J connectivity index is 2.06. The quantitative estimate of drug-likeness (QED) is 0.614. The van der Waals surface area contributed by atoms with Crippen LogP contribution in [0.25, 0.3) is 0 Å². The Morgan fingerprint density at radius 3 is 2.89 bits per heavy atom. The van der Waals surface area contributed by atoms with E-state index in [0.717, 1.165) is 5.56 Å². The molecule has 2 aromatic heterocycles. The minimum Gasteiger partial charge on any atom is -0.378 e. The number of nitro groups is 1. The molecule has 0 amide bonds. The van der Waals surface area contributed by atoms with Gasteiger partial charge in [0.15, 0.2) is 0 Å². The molecular formula is C10H12N6O2. The molecule has 2 aromatic rings. The fraction of sp³-hybridized carbons (Fsp3) is 0.200. The number of nitrogens with two attached hydrogens (primary N) is 1. The molecule has 0 bridgehead atoms. The number of aromatic nitrogens is 3. The highest BCUT2D eigenvalue weighted by atomic mass is 16.6. The van der Waals surface area contributed by atoms with Gasteiger partial charge >= 0.3 is 5.69 Å². The maximum Gasteiger partial charge on any atom is 0.311 e. The van der Waals surface area contributed by atoms with E-state index in [9.17, 15) is 10.1 Å². The molecule has 2 rings (SSSR count). The summed E-state index contributed by atoms with van der Waals surface area (Å²) in [5, 5.41) is 17.6. The van der Waals surface area contributed by atoms with Crippen molar-refractivity contribution in [1.29, 1.82) is 0 Å². The van der Waals surface area contributed by atoms with Crippen molar-refractivity contribution in [2.24, 2.45) is 7.05 Å². The van der Waals surface area contributed by atoms with E-state index in [1.54, 1.807) is 10.9 Å². The maximum absolute atomic E-state index is 10.6. The molecule has 0 radical (unpaired) electrons. The summed E-state index contributed by atoms with van der Waals surface area (Å²) < 4.78 is 1.69. The fourth-order valence-electron chi connectivity index (χ4n) is 1.48. The number of hydrogen-bond donors (Lipinski definition) is 2. The van der Waals surface area contributed by atoms with Crippen molar-refractivity contribution in [3.05, 3.63) is 40.2 Å². The first kappa shape index (κ1) is 11.8. The second-order valence-corrected chi connectivity index (χ2v) is 3.73. The van der Waals surface area contributed by atoms with Gasteiger partial charge in [-0.05, 0) is 6.07 Å². The molecule has 0 fully saturated rings. The lowest BCUT2D eigenvalue weighted by atomic mass is 10.3. The van der Waals surface area contributed by atoms with Crippen LogP contribution in [0.3, 0.4) is 0 Å². The summed E-state index contributed by atoms with van der Waals surface area (Å²) in [6.45, 7) is 0.526. The van der Waals surface area contributed by atoms with Crippen molar-refractivity contribution in [2.45, 2.75) is 6.54 Å². The lowest BCUT2D eigenvalue weighted by molar-refractivity contribution is -0.384. The number of pyridine rings is 1. The summed E-state index contributed by atoms with van der Waals surface area (Å²) in [5.74, 6) is 0.387. The zero-order chi connectivity index (χ0) is 13.1. The Labute approximate surface area is 103 Å². The van der Waals surface area contributed by atoms with Crippen LogP contribution in [-0.2, 0) is 13.6 Å². The van der Waals surface area contributed by atoms with Crippen LogP contribution in [0, 0.1) is 10.1 Å². The number of nitrogens with one attached hydrogen (secondary N) is 1. The van der Waals surface area contributed by atoms with Crippen LogP contribution in [0.2, 0.25) is 0 Å². The number of anilines is 2. The summed E-state index contributed by atoms with van der Waals surface area (Å²) in [5.41, 5.74) is 6.28. The number of aryl methyl sites for hydroxylation is 1. The summed E-state index contributed by atoms with van der Waals surface area (Å²) in [6, 6.07) is 2.85. The van der Waals surface area contributed by atoms with Gasteiger partial charge in [0.05, 0.1) is 11.1 Å².